The highest BCUT2D eigenvalue weighted by Crippen LogP contribution is 2.15. The summed E-state index contributed by atoms with van der Waals surface area (Å²) < 4.78 is 5.62. The van der Waals surface area contributed by atoms with Gasteiger partial charge in [0.1, 0.15) is 11.3 Å². The van der Waals surface area contributed by atoms with Gasteiger partial charge in [-0.2, -0.15) is 5.26 Å². The largest absolute Gasteiger partial charge is 0.491 e. The van der Waals surface area contributed by atoms with Crippen LogP contribution in [0.15, 0.2) is 30.3 Å². The van der Waals surface area contributed by atoms with Crippen molar-refractivity contribution in [1.29, 1.82) is 5.26 Å². The Balaban J connectivity index is 2.51. The molecule has 15 heavy (non-hydrogen) atoms. The van der Waals surface area contributed by atoms with E-state index in [4.69, 9.17) is 15.7 Å². The highest BCUT2D eigenvalue weighted by molar-refractivity contribution is 5.21. The molecule has 0 heterocycles. The summed E-state index contributed by atoms with van der Waals surface area (Å²) in [5, 5.41) is 8.78. The lowest BCUT2D eigenvalue weighted by Crippen LogP contribution is -2.38. The molecule has 80 valence electrons. The molecule has 0 aromatic heterocycles. The summed E-state index contributed by atoms with van der Waals surface area (Å²) in [7, 11) is 0. The van der Waals surface area contributed by atoms with E-state index in [2.05, 4.69) is 6.07 Å². The van der Waals surface area contributed by atoms with Crippen molar-refractivity contribution in [3.8, 4) is 11.8 Å². The van der Waals surface area contributed by atoms with Gasteiger partial charge in [0.15, 0.2) is 0 Å². The predicted octanol–water partition coefficient (Wildman–Crippen LogP) is 2.08. The molecule has 1 rings (SSSR count). The number of benzene rings is 1. The Labute approximate surface area is 90.5 Å². The molecule has 1 aromatic carbocycles. The Kier molecular flexibility index (Phi) is 3.70. The molecule has 0 aliphatic rings. The van der Waals surface area contributed by atoms with Gasteiger partial charge in [0.05, 0.1) is 12.2 Å². The quantitative estimate of drug-likeness (QED) is 0.816. The zero-order chi connectivity index (χ0) is 11.3. The van der Waals surface area contributed by atoms with Crippen LogP contribution in [0.2, 0.25) is 0 Å². The SMILES string of the molecule is CC(CC(C)(N)C#N)Oc1ccccc1. The number of ether oxygens (including phenoxy) is 1. The second-order valence-electron chi connectivity index (χ2n) is 3.97. The fraction of sp³-hybridized carbons (Fsp3) is 0.417. The van der Waals surface area contributed by atoms with E-state index in [0.29, 0.717) is 6.42 Å². The minimum absolute atomic E-state index is 0.0675. The van der Waals surface area contributed by atoms with Gasteiger partial charge in [-0.25, -0.2) is 0 Å². The number of para-hydroxylation sites is 1. The van der Waals surface area contributed by atoms with Crippen LogP contribution in [0.5, 0.6) is 5.75 Å². The number of nitrogens with zero attached hydrogens (tertiary/aromatic N) is 1. The van der Waals surface area contributed by atoms with Crippen molar-refractivity contribution in [2.75, 3.05) is 0 Å². The minimum atomic E-state index is -0.825. The van der Waals surface area contributed by atoms with Crippen molar-refractivity contribution >= 4 is 0 Å². The van der Waals surface area contributed by atoms with E-state index in [9.17, 15) is 0 Å². The molecular weight excluding hydrogens is 188 g/mol. The number of hydrogen-bond donors (Lipinski definition) is 1. The number of nitriles is 1. The van der Waals surface area contributed by atoms with Gasteiger partial charge in [-0.15, -0.1) is 0 Å². The average Bonchev–Trinajstić information content (AvgIpc) is 2.18. The molecule has 0 radical (unpaired) electrons. The third-order valence-electron chi connectivity index (χ3n) is 2.05. The van der Waals surface area contributed by atoms with E-state index in [0.717, 1.165) is 5.75 Å². The smallest absolute Gasteiger partial charge is 0.119 e. The first-order valence-electron chi connectivity index (χ1n) is 4.95. The molecule has 0 aliphatic carbocycles. The number of rotatable bonds is 4. The summed E-state index contributed by atoms with van der Waals surface area (Å²) >= 11 is 0. The van der Waals surface area contributed by atoms with Crippen molar-refractivity contribution in [3.05, 3.63) is 30.3 Å². The second-order valence-corrected chi connectivity index (χ2v) is 3.97. The van der Waals surface area contributed by atoms with E-state index in [-0.39, 0.29) is 6.10 Å². The Morgan fingerprint density at radius 1 is 1.47 bits per heavy atom. The lowest BCUT2D eigenvalue weighted by molar-refractivity contribution is 0.191. The maximum absolute atomic E-state index is 8.78. The van der Waals surface area contributed by atoms with Crippen LogP contribution in [0.1, 0.15) is 20.3 Å². The Hall–Kier alpha value is -1.53. The van der Waals surface area contributed by atoms with E-state index >= 15 is 0 Å². The molecular formula is C12H16N2O. The van der Waals surface area contributed by atoms with Crippen LogP contribution in [0.3, 0.4) is 0 Å². The van der Waals surface area contributed by atoms with Gasteiger partial charge in [0.25, 0.3) is 0 Å². The van der Waals surface area contributed by atoms with E-state index in [1.807, 2.05) is 37.3 Å². The van der Waals surface area contributed by atoms with Crippen molar-refractivity contribution in [3.63, 3.8) is 0 Å². The van der Waals surface area contributed by atoms with Gasteiger partial charge in [-0.05, 0) is 26.0 Å². The van der Waals surface area contributed by atoms with Crippen LogP contribution in [0.4, 0.5) is 0 Å². The summed E-state index contributed by atoms with van der Waals surface area (Å²) in [5.74, 6) is 0.804. The lowest BCUT2D eigenvalue weighted by atomic mass is 9.98. The van der Waals surface area contributed by atoms with Gasteiger partial charge >= 0.3 is 0 Å². The molecule has 2 atom stereocenters. The molecule has 1 aromatic rings. The van der Waals surface area contributed by atoms with Crippen LogP contribution in [0.25, 0.3) is 0 Å². The van der Waals surface area contributed by atoms with Crippen molar-refractivity contribution in [1.82, 2.24) is 0 Å². The van der Waals surface area contributed by atoms with Gasteiger partial charge in [-0.1, -0.05) is 18.2 Å². The van der Waals surface area contributed by atoms with E-state index < -0.39 is 5.54 Å². The van der Waals surface area contributed by atoms with E-state index in [1.54, 1.807) is 6.92 Å². The third-order valence-corrected chi connectivity index (χ3v) is 2.05. The molecule has 0 bridgehead atoms. The molecule has 2 N–H and O–H groups in total. The van der Waals surface area contributed by atoms with Crippen LogP contribution in [-0.2, 0) is 0 Å². The van der Waals surface area contributed by atoms with Crippen LogP contribution < -0.4 is 10.5 Å². The monoisotopic (exact) mass is 204 g/mol. The summed E-state index contributed by atoms with van der Waals surface area (Å²) in [6.07, 6.45) is 0.445. The third kappa shape index (κ3) is 4.01. The van der Waals surface area contributed by atoms with Crippen molar-refractivity contribution in [2.45, 2.75) is 31.9 Å². The molecule has 0 spiro atoms. The zero-order valence-corrected chi connectivity index (χ0v) is 9.10. The Morgan fingerprint density at radius 2 is 2.07 bits per heavy atom. The Morgan fingerprint density at radius 3 is 2.60 bits per heavy atom. The molecule has 0 aliphatic heterocycles. The second kappa shape index (κ2) is 4.81. The fourth-order valence-corrected chi connectivity index (χ4v) is 1.42. The van der Waals surface area contributed by atoms with Crippen LogP contribution >= 0.6 is 0 Å². The first-order valence-corrected chi connectivity index (χ1v) is 4.95. The molecule has 0 amide bonds. The van der Waals surface area contributed by atoms with Crippen molar-refractivity contribution < 1.29 is 4.74 Å². The highest BCUT2D eigenvalue weighted by Gasteiger charge is 2.21. The van der Waals surface area contributed by atoms with Gasteiger partial charge < -0.3 is 10.5 Å². The number of nitrogens with two attached hydrogens (primary N) is 1. The van der Waals surface area contributed by atoms with Crippen LogP contribution in [-0.4, -0.2) is 11.6 Å². The lowest BCUT2D eigenvalue weighted by Gasteiger charge is -2.21. The molecule has 0 fully saturated rings. The number of hydrogen-bond acceptors (Lipinski definition) is 3. The fourth-order valence-electron chi connectivity index (χ4n) is 1.42. The molecule has 3 nitrogen and oxygen atoms in total. The van der Waals surface area contributed by atoms with E-state index in [1.165, 1.54) is 0 Å². The first kappa shape index (κ1) is 11.5. The van der Waals surface area contributed by atoms with Crippen LogP contribution in [0, 0.1) is 11.3 Å². The minimum Gasteiger partial charge on any atom is -0.491 e. The molecule has 0 saturated heterocycles. The topological polar surface area (TPSA) is 59.0 Å². The summed E-state index contributed by atoms with van der Waals surface area (Å²) in [4.78, 5) is 0. The molecule has 0 saturated carbocycles. The summed E-state index contributed by atoms with van der Waals surface area (Å²) in [6, 6.07) is 11.6. The average molecular weight is 204 g/mol. The maximum Gasteiger partial charge on any atom is 0.119 e. The zero-order valence-electron chi connectivity index (χ0n) is 9.10. The predicted molar refractivity (Wildman–Crippen MR) is 59.4 cm³/mol. The molecule has 2 unspecified atom stereocenters. The van der Waals surface area contributed by atoms with Crippen molar-refractivity contribution in [2.24, 2.45) is 5.73 Å². The van der Waals surface area contributed by atoms with Gasteiger partial charge in [-0.3, -0.25) is 0 Å². The first-order chi connectivity index (χ1) is 7.03. The van der Waals surface area contributed by atoms with Gasteiger partial charge in [0.2, 0.25) is 0 Å². The standard InChI is InChI=1S/C12H16N2O/c1-10(8-12(2,14)9-13)15-11-6-4-3-5-7-11/h3-7,10H,8,14H2,1-2H3. The summed E-state index contributed by atoms with van der Waals surface area (Å²) in [6.45, 7) is 3.62. The highest BCUT2D eigenvalue weighted by atomic mass is 16.5. The maximum atomic E-state index is 8.78. The molecule has 3 heteroatoms. The normalized spacial score (nSPS) is 16.1. The summed E-state index contributed by atoms with van der Waals surface area (Å²) in [5.41, 5.74) is 4.90. The Bertz CT molecular complexity index is 340. The van der Waals surface area contributed by atoms with Gasteiger partial charge in [0, 0.05) is 6.42 Å².